The number of rotatable bonds is 0. The molecule has 0 N–H and O–H groups in total. The van der Waals surface area contributed by atoms with E-state index in [1.807, 2.05) is 0 Å². The Morgan fingerprint density at radius 1 is 0.375 bits per heavy atom. The first-order valence-corrected chi connectivity index (χ1v) is 8.38. The molecule has 0 aliphatic carbocycles. The Hall–Kier alpha value is -3.19. The number of hydrogen-bond donors (Lipinski definition) is 0. The maximum absolute atomic E-state index is 2.29. The molecule has 1 heteroatoms. The summed E-state index contributed by atoms with van der Waals surface area (Å²) >= 11 is 0. The van der Waals surface area contributed by atoms with Crippen LogP contribution in [0.1, 0.15) is 0 Å². The van der Waals surface area contributed by atoms with Crippen molar-refractivity contribution in [1.29, 1.82) is 0 Å². The summed E-state index contributed by atoms with van der Waals surface area (Å²) in [4.78, 5) is 0. The van der Waals surface area contributed by atoms with Crippen molar-refractivity contribution in [3.63, 3.8) is 0 Å². The standard InChI is InChI=1S/C23H12N/c1-3-14-5-7-16-9-11-24-12-10-17-8-6-15-4-2-13(1)18-19(14)21(16)23(24)22(17)20(15)18/h1-12H/q+1. The van der Waals surface area contributed by atoms with Crippen LogP contribution in [0.5, 0.6) is 0 Å². The molecular weight excluding hydrogens is 290 g/mol. The molecule has 0 saturated heterocycles. The van der Waals surface area contributed by atoms with E-state index in [0.29, 0.717) is 0 Å². The largest absolute Gasteiger partial charge is 0.227 e. The molecule has 24 heavy (non-hydrogen) atoms. The van der Waals surface area contributed by atoms with Crippen molar-refractivity contribution in [1.82, 2.24) is 0 Å². The van der Waals surface area contributed by atoms with Gasteiger partial charge in [0.1, 0.15) is 0 Å². The van der Waals surface area contributed by atoms with Crippen LogP contribution in [0.4, 0.5) is 0 Å². The van der Waals surface area contributed by atoms with Gasteiger partial charge in [-0.15, -0.1) is 0 Å². The lowest BCUT2D eigenvalue weighted by Gasteiger charge is -2.16. The van der Waals surface area contributed by atoms with Crippen LogP contribution in [-0.4, -0.2) is 0 Å². The Kier molecular flexibility index (Phi) is 1.65. The van der Waals surface area contributed by atoms with Crippen LogP contribution in [0.15, 0.2) is 73.1 Å². The van der Waals surface area contributed by atoms with E-state index >= 15 is 0 Å². The molecule has 0 spiro atoms. The van der Waals surface area contributed by atoms with E-state index in [1.54, 1.807) is 0 Å². The molecule has 0 aliphatic rings. The van der Waals surface area contributed by atoms with Crippen molar-refractivity contribution in [3.8, 4) is 0 Å². The first-order chi connectivity index (χ1) is 11.9. The predicted octanol–water partition coefficient (Wildman–Crippen LogP) is 5.50. The second-order valence-electron chi connectivity index (χ2n) is 6.87. The molecule has 7 aromatic rings. The average molecular weight is 302 g/mol. The minimum absolute atomic E-state index is 1.33. The number of hydrogen-bond acceptors (Lipinski definition) is 0. The van der Waals surface area contributed by atoms with Gasteiger partial charge in [-0.3, -0.25) is 0 Å². The molecule has 0 unspecified atom stereocenters. The second-order valence-corrected chi connectivity index (χ2v) is 6.87. The van der Waals surface area contributed by atoms with Gasteiger partial charge in [0, 0.05) is 22.9 Å². The Morgan fingerprint density at radius 2 is 0.708 bits per heavy atom. The molecule has 0 saturated carbocycles. The third-order valence-corrected chi connectivity index (χ3v) is 5.77. The van der Waals surface area contributed by atoms with Crippen LogP contribution in [0.25, 0.3) is 59.4 Å². The molecule has 0 radical (unpaired) electrons. The second kappa shape index (κ2) is 3.49. The topological polar surface area (TPSA) is 4.10 Å². The summed E-state index contributed by atoms with van der Waals surface area (Å²) in [6.07, 6.45) is 4.38. The fourth-order valence-electron chi connectivity index (χ4n) is 4.77. The van der Waals surface area contributed by atoms with Crippen LogP contribution < -0.4 is 4.40 Å². The average Bonchev–Trinajstić information content (AvgIpc) is 2.65. The van der Waals surface area contributed by atoms with Crippen molar-refractivity contribution in [2.24, 2.45) is 0 Å². The summed E-state index contributed by atoms with van der Waals surface area (Å²) in [5.41, 5.74) is 1.35. The van der Waals surface area contributed by atoms with Crippen molar-refractivity contribution >= 4 is 59.4 Å². The highest BCUT2D eigenvalue weighted by atomic mass is 14.8. The smallest absolute Gasteiger partial charge is 0.166 e. The normalized spacial score (nSPS) is 13.0. The zero-order valence-corrected chi connectivity index (χ0v) is 12.9. The maximum Gasteiger partial charge on any atom is 0.227 e. The molecule has 108 valence electrons. The van der Waals surface area contributed by atoms with Gasteiger partial charge < -0.3 is 0 Å². The van der Waals surface area contributed by atoms with Gasteiger partial charge in [-0.2, -0.15) is 4.40 Å². The highest BCUT2D eigenvalue weighted by Gasteiger charge is 2.23. The summed E-state index contributed by atoms with van der Waals surface area (Å²) in [5, 5.41) is 13.7. The molecule has 0 atom stereocenters. The Labute approximate surface area is 137 Å². The molecule has 0 bridgehead atoms. The van der Waals surface area contributed by atoms with Crippen LogP contribution in [0.2, 0.25) is 0 Å². The SMILES string of the molecule is c1cc2ccc3cc[n+]4ccc5ccc6ccc1c1c2c3c4c5c61. The summed E-state index contributed by atoms with van der Waals surface area (Å²) in [5.74, 6) is 0. The fraction of sp³-hybridized carbons (Fsp3) is 0. The molecule has 7 rings (SSSR count). The van der Waals surface area contributed by atoms with Crippen LogP contribution in [0, 0.1) is 0 Å². The predicted molar refractivity (Wildman–Crippen MR) is 101 cm³/mol. The van der Waals surface area contributed by atoms with E-state index in [0.717, 1.165) is 0 Å². The first-order valence-electron chi connectivity index (χ1n) is 8.38. The van der Waals surface area contributed by atoms with Gasteiger partial charge >= 0.3 is 0 Å². The van der Waals surface area contributed by atoms with E-state index in [9.17, 15) is 0 Å². The minimum Gasteiger partial charge on any atom is -0.166 e. The number of aromatic nitrogens is 1. The third-order valence-electron chi connectivity index (χ3n) is 5.77. The van der Waals surface area contributed by atoms with Gasteiger partial charge in [0.05, 0.1) is 10.8 Å². The summed E-state index contributed by atoms with van der Waals surface area (Å²) in [6.45, 7) is 0. The Balaban J connectivity index is 2.11. The van der Waals surface area contributed by atoms with Crippen molar-refractivity contribution in [3.05, 3.63) is 73.1 Å². The van der Waals surface area contributed by atoms with Gasteiger partial charge in [-0.1, -0.05) is 48.5 Å². The fourth-order valence-corrected chi connectivity index (χ4v) is 4.77. The van der Waals surface area contributed by atoms with Gasteiger partial charge in [0.15, 0.2) is 12.4 Å². The van der Waals surface area contributed by atoms with E-state index in [1.165, 1.54) is 59.4 Å². The monoisotopic (exact) mass is 302 g/mol. The molecular formula is C23H12N+. The third kappa shape index (κ3) is 1.07. The zero-order valence-electron chi connectivity index (χ0n) is 12.9. The Bertz CT molecular complexity index is 1150. The van der Waals surface area contributed by atoms with Crippen molar-refractivity contribution in [2.75, 3.05) is 0 Å². The van der Waals surface area contributed by atoms with E-state index in [2.05, 4.69) is 77.5 Å². The quantitative estimate of drug-likeness (QED) is 0.198. The minimum atomic E-state index is 1.33. The van der Waals surface area contributed by atoms with E-state index < -0.39 is 0 Å². The number of benzene rings is 5. The highest BCUT2D eigenvalue weighted by Crippen LogP contribution is 2.45. The van der Waals surface area contributed by atoms with Crippen LogP contribution >= 0.6 is 0 Å². The van der Waals surface area contributed by atoms with Crippen molar-refractivity contribution in [2.45, 2.75) is 0 Å². The maximum atomic E-state index is 2.29. The highest BCUT2D eigenvalue weighted by molar-refractivity contribution is 6.40. The van der Waals surface area contributed by atoms with Gasteiger partial charge in [-0.25, -0.2) is 0 Å². The van der Waals surface area contributed by atoms with Gasteiger partial charge in [-0.05, 0) is 32.3 Å². The molecule has 1 nitrogen and oxygen atoms in total. The molecule has 2 heterocycles. The first kappa shape index (κ1) is 11.4. The molecule has 0 aliphatic heterocycles. The van der Waals surface area contributed by atoms with Gasteiger partial charge in [0.2, 0.25) is 5.52 Å². The zero-order chi connectivity index (χ0) is 15.4. The molecule has 0 amide bonds. The Morgan fingerprint density at radius 3 is 1.12 bits per heavy atom. The lowest BCUT2D eigenvalue weighted by Crippen LogP contribution is -2.21. The lowest BCUT2D eigenvalue weighted by molar-refractivity contribution is -0.509. The molecule has 0 fully saturated rings. The number of pyridine rings is 2. The molecule has 2 aromatic heterocycles. The van der Waals surface area contributed by atoms with Crippen molar-refractivity contribution < 1.29 is 4.40 Å². The summed E-state index contributed by atoms with van der Waals surface area (Å²) in [6, 6.07) is 22.6. The summed E-state index contributed by atoms with van der Waals surface area (Å²) in [7, 11) is 0. The lowest BCUT2D eigenvalue weighted by atomic mass is 9.86. The molecule has 5 aromatic carbocycles. The number of nitrogens with zero attached hydrogens (tertiary/aromatic N) is 1. The van der Waals surface area contributed by atoms with Gasteiger partial charge in [0.25, 0.3) is 0 Å². The van der Waals surface area contributed by atoms with Crippen LogP contribution in [0.3, 0.4) is 0 Å². The summed E-state index contributed by atoms with van der Waals surface area (Å²) < 4.78 is 2.29. The van der Waals surface area contributed by atoms with E-state index in [-0.39, 0.29) is 0 Å². The van der Waals surface area contributed by atoms with E-state index in [4.69, 9.17) is 0 Å². The van der Waals surface area contributed by atoms with Crippen LogP contribution in [-0.2, 0) is 0 Å².